The Hall–Kier alpha value is -2.86. The Morgan fingerprint density at radius 3 is 2.44 bits per heavy atom. The molecule has 0 amide bonds. The third-order valence-corrected chi connectivity index (χ3v) is 4.07. The van der Waals surface area contributed by atoms with Gasteiger partial charge in [0.1, 0.15) is 0 Å². The fourth-order valence-corrected chi connectivity index (χ4v) is 2.76. The van der Waals surface area contributed by atoms with Crippen LogP contribution in [0.1, 0.15) is 12.5 Å². The quantitative estimate of drug-likeness (QED) is 0.177. The van der Waals surface area contributed by atoms with E-state index in [-0.39, 0.29) is 5.69 Å². The van der Waals surface area contributed by atoms with Gasteiger partial charge in [-0.15, -0.1) is 0 Å². The van der Waals surface area contributed by atoms with Crippen molar-refractivity contribution in [2.45, 2.75) is 11.8 Å². The molecule has 0 saturated carbocycles. The number of hydrogen-bond donors (Lipinski definition) is 0. The zero-order valence-corrected chi connectivity index (χ0v) is 14.4. The molecule has 0 aromatic heterocycles. The molecule has 0 atom stereocenters. The number of nitro benzene ring substituents is 1. The summed E-state index contributed by atoms with van der Waals surface area (Å²) in [4.78, 5) is 23.5. The van der Waals surface area contributed by atoms with Crippen molar-refractivity contribution in [3.63, 3.8) is 0 Å². The standard InChI is InChI=1S/C19H17NO4S/c1-2-24-19(21)14-18(11-8-15-6-4-3-5-7-15)25-17-12-9-16(10-13-17)20(22)23/h3-14H,2H2,1H3/b11-8+,18-14+. The van der Waals surface area contributed by atoms with Crippen LogP contribution in [-0.4, -0.2) is 17.5 Å². The van der Waals surface area contributed by atoms with Crippen LogP contribution in [0.3, 0.4) is 0 Å². The highest BCUT2D eigenvalue weighted by atomic mass is 32.2. The average molecular weight is 355 g/mol. The van der Waals surface area contributed by atoms with Crippen LogP contribution in [0.15, 0.2) is 76.5 Å². The topological polar surface area (TPSA) is 69.4 Å². The van der Waals surface area contributed by atoms with Crippen LogP contribution in [-0.2, 0) is 9.53 Å². The van der Waals surface area contributed by atoms with Gasteiger partial charge < -0.3 is 4.74 Å². The summed E-state index contributed by atoms with van der Waals surface area (Å²) in [6.45, 7) is 2.04. The predicted octanol–water partition coefficient (Wildman–Crippen LogP) is 4.85. The van der Waals surface area contributed by atoms with Gasteiger partial charge in [0.25, 0.3) is 5.69 Å². The number of esters is 1. The van der Waals surface area contributed by atoms with E-state index in [0.29, 0.717) is 11.5 Å². The highest BCUT2D eigenvalue weighted by molar-refractivity contribution is 8.03. The van der Waals surface area contributed by atoms with Gasteiger partial charge in [-0.05, 0) is 30.7 Å². The first-order valence-electron chi connectivity index (χ1n) is 7.62. The Kier molecular flexibility index (Phi) is 6.98. The summed E-state index contributed by atoms with van der Waals surface area (Å²) in [5, 5.41) is 10.7. The second-order valence-electron chi connectivity index (χ2n) is 4.90. The van der Waals surface area contributed by atoms with Gasteiger partial charge in [0.2, 0.25) is 0 Å². The monoisotopic (exact) mass is 355 g/mol. The van der Waals surface area contributed by atoms with Crippen LogP contribution in [0, 0.1) is 10.1 Å². The van der Waals surface area contributed by atoms with E-state index >= 15 is 0 Å². The lowest BCUT2D eigenvalue weighted by Crippen LogP contribution is -1.99. The largest absolute Gasteiger partial charge is 0.463 e. The zero-order valence-electron chi connectivity index (χ0n) is 13.6. The lowest BCUT2D eigenvalue weighted by atomic mass is 10.2. The fraction of sp³-hybridized carbons (Fsp3) is 0.105. The fourth-order valence-electron chi connectivity index (χ4n) is 1.93. The molecule has 0 aliphatic carbocycles. The van der Waals surface area contributed by atoms with Gasteiger partial charge >= 0.3 is 5.97 Å². The van der Waals surface area contributed by atoms with Crippen LogP contribution < -0.4 is 0 Å². The van der Waals surface area contributed by atoms with Crippen molar-refractivity contribution in [2.24, 2.45) is 0 Å². The van der Waals surface area contributed by atoms with Crippen LogP contribution in [0.2, 0.25) is 0 Å². The van der Waals surface area contributed by atoms with E-state index in [0.717, 1.165) is 10.5 Å². The number of allylic oxidation sites excluding steroid dienone is 1. The van der Waals surface area contributed by atoms with E-state index in [4.69, 9.17) is 4.74 Å². The molecule has 0 radical (unpaired) electrons. The normalized spacial score (nSPS) is 11.5. The van der Waals surface area contributed by atoms with Crippen molar-refractivity contribution in [1.29, 1.82) is 0 Å². The maximum absolute atomic E-state index is 11.8. The molecule has 128 valence electrons. The number of nitro groups is 1. The van der Waals surface area contributed by atoms with E-state index < -0.39 is 10.9 Å². The summed E-state index contributed by atoms with van der Waals surface area (Å²) in [5.74, 6) is -0.426. The lowest BCUT2D eigenvalue weighted by molar-refractivity contribution is -0.384. The van der Waals surface area contributed by atoms with Crippen molar-refractivity contribution in [2.75, 3.05) is 6.61 Å². The summed E-state index contributed by atoms with van der Waals surface area (Å²) in [6, 6.07) is 15.9. The summed E-state index contributed by atoms with van der Waals surface area (Å²) in [6.07, 6.45) is 5.12. The summed E-state index contributed by atoms with van der Waals surface area (Å²) >= 11 is 1.33. The van der Waals surface area contributed by atoms with Gasteiger partial charge in [-0.3, -0.25) is 10.1 Å². The van der Waals surface area contributed by atoms with Crippen molar-refractivity contribution in [1.82, 2.24) is 0 Å². The van der Waals surface area contributed by atoms with Crippen LogP contribution in [0.4, 0.5) is 5.69 Å². The Labute approximate surface area is 150 Å². The first-order valence-corrected chi connectivity index (χ1v) is 8.44. The summed E-state index contributed by atoms with van der Waals surface area (Å²) in [7, 11) is 0. The van der Waals surface area contributed by atoms with Gasteiger partial charge in [0, 0.05) is 28.0 Å². The van der Waals surface area contributed by atoms with Crippen molar-refractivity contribution in [3.05, 3.63) is 87.3 Å². The number of nitrogens with zero attached hydrogens (tertiary/aromatic N) is 1. The first kappa shape index (κ1) is 18.5. The van der Waals surface area contributed by atoms with Gasteiger partial charge in [0.05, 0.1) is 11.5 Å². The average Bonchev–Trinajstić information content (AvgIpc) is 2.61. The molecule has 5 nitrogen and oxygen atoms in total. The minimum Gasteiger partial charge on any atom is -0.463 e. The highest BCUT2D eigenvalue weighted by Crippen LogP contribution is 2.29. The number of hydrogen-bond acceptors (Lipinski definition) is 5. The highest BCUT2D eigenvalue weighted by Gasteiger charge is 2.07. The van der Waals surface area contributed by atoms with E-state index in [2.05, 4.69) is 0 Å². The van der Waals surface area contributed by atoms with Gasteiger partial charge in [0.15, 0.2) is 0 Å². The Balaban J connectivity index is 2.20. The number of carbonyl (C=O) groups is 1. The molecule has 0 bridgehead atoms. The molecule has 0 unspecified atom stereocenters. The number of thioether (sulfide) groups is 1. The molecule has 2 rings (SSSR count). The second kappa shape index (κ2) is 9.44. The van der Waals surface area contributed by atoms with Crippen molar-refractivity contribution >= 4 is 29.5 Å². The second-order valence-corrected chi connectivity index (χ2v) is 6.04. The van der Waals surface area contributed by atoms with E-state index in [1.54, 1.807) is 19.1 Å². The third kappa shape index (κ3) is 6.27. The molecule has 2 aromatic rings. The number of carbonyl (C=O) groups excluding carboxylic acids is 1. The molecule has 0 heterocycles. The Morgan fingerprint density at radius 1 is 1.16 bits per heavy atom. The Bertz CT molecular complexity index is 783. The molecule has 0 saturated heterocycles. The molecule has 0 spiro atoms. The first-order chi connectivity index (χ1) is 12.1. The number of non-ortho nitro benzene ring substituents is 1. The van der Waals surface area contributed by atoms with Gasteiger partial charge in [-0.1, -0.05) is 48.2 Å². The predicted molar refractivity (Wildman–Crippen MR) is 99.1 cm³/mol. The summed E-state index contributed by atoms with van der Waals surface area (Å²) < 4.78 is 4.96. The Morgan fingerprint density at radius 2 is 1.84 bits per heavy atom. The van der Waals surface area contributed by atoms with E-state index in [9.17, 15) is 14.9 Å². The van der Waals surface area contributed by atoms with Crippen molar-refractivity contribution in [3.8, 4) is 0 Å². The zero-order chi connectivity index (χ0) is 18.1. The number of rotatable bonds is 7. The number of benzene rings is 2. The van der Waals surface area contributed by atoms with Crippen LogP contribution in [0.25, 0.3) is 6.08 Å². The minimum atomic E-state index is -0.445. The minimum absolute atomic E-state index is 0.0279. The van der Waals surface area contributed by atoms with E-state index in [1.165, 1.54) is 30.0 Å². The molecular weight excluding hydrogens is 338 g/mol. The molecule has 2 aromatic carbocycles. The number of ether oxygens (including phenoxy) is 1. The van der Waals surface area contributed by atoms with Crippen LogP contribution in [0.5, 0.6) is 0 Å². The maximum atomic E-state index is 11.8. The van der Waals surface area contributed by atoms with Crippen molar-refractivity contribution < 1.29 is 14.5 Å². The third-order valence-electron chi connectivity index (χ3n) is 3.07. The maximum Gasteiger partial charge on any atom is 0.331 e. The van der Waals surface area contributed by atoms with E-state index in [1.807, 2.05) is 42.5 Å². The molecular formula is C19H17NO4S. The van der Waals surface area contributed by atoms with Gasteiger partial charge in [-0.2, -0.15) is 0 Å². The smallest absolute Gasteiger partial charge is 0.331 e. The molecule has 0 aliphatic rings. The lowest BCUT2D eigenvalue weighted by Gasteiger charge is -2.04. The molecule has 0 N–H and O–H groups in total. The van der Waals surface area contributed by atoms with Crippen LogP contribution >= 0.6 is 11.8 Å². The summed E-state index contributed by atoms with van der Waals surface area (Å²) in [5.41, 5.74) is 1.03. The molecule has 6 heteroatoms. The molecule has 25 heavy (non-hydrogen) atoms. The SMILES string of the molecule is CCOC(=O)/C=C(\C=C\c1ccccc1)Sc1ccc([N+](=O)[O-])cc1. The molecule has 0 fully saturated rings. The van der Waals surface area contributed by atoms with Gasteiger partial charge in [-0.25, -0.2) is 4.79 Å². The molecule has 0 aliphatic heterocycles.